The average Bonchev–Trinajstić information content (AvgIpc) is 3.01. The third-order valence-electron chi connectivity index (χ3n) is 3.99. The van der Waals surface area contributed by atoms with Gasteiger partial charge < -0.3 is 4.90 Å². The van der Waals surface area contributed by atoms with Crippen molar-refractivity contribution in [1.29, 1.82) is 5.26 Å². The van der Waals surface area contributed by atoms with E-state index in [-0.39, 0.29) is 5.91 Å². The first kappa shape index (κ1) is 12.4. The molecule has 1 amide bonds. The zero-order valence-electron chi connectivity index (χ0n) is 10.6. The summed E-state index contributed by atoms with van der Waals surface area (Å²) in [5.41, 5.74) is 0. The van der Waals surface area contributed by atoms with Gasteiger partial charge in [0.1, 0.15) is 5.92 Å². The second-order valence-electron chi connectivity index (χ2n) is 5.06. The normalized spacial score (nSPS) is 27.1. The Morgan fingerprint density at radius 3 is 2.71 bits per heavy atom. The van der Waals surface area contributed by atoms with E-state index in [2.05, 4.69) is 11.0 Å². The predicted octanol–water partition coefficient (Wildman–Crippen LogP) is 1.23. The number of nitriles is 1. The van der Waals surface area contributed by atoms with Crippen LogP contribution in [0.25, 0.3) is 0 Å². The van der Waals surface area contributed by atoms with Crippen LogP contribution in [0.5, 0.6) is 0 Å². The maximum Gasteiger partial charge on any atom is 0.239 e. The van der Waals surface area contributed by atoms with E-state index in [1.54, 1.807) is 0 Å². The van der Waals surface area contributed by atoms with Crippen molar-refractivity contribution in [1.82, 2.24) is 9.80 Å². The second kappa shape index (κ2) is 5.50. The van der Waals surface area contributed by atoms with E-state index in [1.807, 2.05) is 11.8 Å². The van der Waals surface area contributed by atoms with Gasteiger partial charge in [-0.05, 0) is 38.8 Å². The van der Waals surface area contributed by atoms with Crippen LogP contribution in [-0.2, 0) is 4.79 Å². The molecule has 0 N–H and O–H groups in total. The van der Waals surface area contributed by atoms with Gasteiger partial charge >= 0.3 is 0 Å². The van der Waals surface area contributed by atoms with Crippen molar-refractivity contribution < 1.29 is 4.79 Å². The van der Waals surface area contributed by atoms with Crippen molar-refractivity contribution in [2.45, 2.75) is 38.6 Å². The lowest BCUT2D eigenvalue weighted by atomic mass is 10.1. The molecule has 94 valence electrons. The van der Waals surface area contributed by atoms with Gasteiger partial charge in [0.05, 0.1) is 6.07 Å². The van der Waals surface area contributed by atoms with Gasteiger partial charge in [0.15, 0.2) is 0 Å². The summed E-state index contributed by atoms with van der Waals surface area (Å²) >= 11 is 0. The Balaban J connectivity index is 1.89. The fraction of sp³-hybridized carbons (Fsp3) is 0.846. The first-order valence-electron chi connectivity index (χ1n) is 6.68. The van der Waals surface area contributed by atoms with E-state index < -0.39 is 5.92 Å². The molecule has 2 aliphatic rings. The molecule has 0 saturated carbocycles. The van der Waals surface area contributed by atoms with Crippen molar-refractivity contribution in [3.8, 4) is 6.07 Å². The van der Waals surface area contributed by atoms with Gasteiger partial charge in [-0.1, -0.05) is 6.92 Å². The molecule has 0 aromatic rings. The molecule has 2 rings (SSSR count). The largest absolute Gasteiger partial charge is 0.340 e. The van der Waals surface area contributed by atoms with Gasteiger partial charge in [-0.25, -0.2) is 0 Å². The Morgan fingerprint density at radius 2 is 2.12 bits per heavy atom. The van der Waals surface area contributed by atoms with Crippen LogP contribution in [0.2, 0.25) is 0 Å². The molecule has 2 saturated heterocycles. The van der Waals surface area contributed by atoms with Gasteiger partial charge in [-0.3, -0.25) is 9.69 Å². The Labute approximate surface area is 103 Å². The summed E-state index contributed by atoms with van der Waals surface area (Å²) in [4.78, 5) is 16.4. The summed E-state index contributed by atoms with van der Waals surface area (Å²) in [5.74, 6) is -0.399. The van der Waals surface area contributed by atoms with Gasteiger partial charge in [-0.15, -0.1) is 0 Å². The first-order chi connectivity index (χ1) is 8.26. The minimum absolute atomic E-state index is 0.0386. The van der Waals surface area contributed by atoms with Crippen LogP contribution in [0.1, 0.15) is 32.6 Å². The van der Waals surface area contributed by atoms with Gasteiger partial charge in [-0.2, -0.15) is 5.26 Å². The number of likely N-dealkylation sites (tertiary alicyclic amines) is 2. The number of rotatable bonds is 3. The molecule has 4 heteroatoms. The summed E-state index contributed by atoms with van der Waals surface area (Å²) in [6, 6.07) is 2.65. The summed E-state index contributed by atoms with van der Waals surface area (Å²) in [7, 11) is 0. The van der Waals surface area contributed by atoms with Crippen LogP contribution in [-0.4, -0.2) is 47.9 Å². The third-order valence-corrected chi connectivity index (χ3v) is 3.99. The molecular weight excluding hydrogens is 214 g/mol. The van der Waals surface area contributed by atoms with E-state index in [0.717, 1.165) is 19.5 Å². The summed E-state index contributed by atoms with van der Waals surface area (Å²) in [6.07, 6.45) is 4.29. The fourth-order valence-electron chi connectivity index (χ4n) is 2.89. The van der Waals surface area contributed by atoms with Crippen molar-refractivity contribution in [2.75, 3.05) is 26.2 Å². The number of hydrogen-bond donors (Lipinski definition) is 0. The van der Waals surface area contributed by atoms with E-state index in [0.29, 0.717) is 12.5 Å². The smallest absolute Gasteiger partial charge is 0.239 e. The average molecular weight is 235 g/mol. The first-order valence-corrected chi connectivity index (χ1v) is 6.68. The Morgan fingerprint density at radius 1 is 1.41 bits per heavy atom. The zero-order valence-corrected chi connectivity index (χ0v) is 10.6. The highest BCUT2D eigenvalue weighted by Crippen LogP contribution is 2.22. The molecule has 0 bridgehead atoms. The van der Waals surface area contributed by atoms with Gasteiger partial charge in [0.2, 0.25) is 5.91 Å². The van der Waals surface area contributed by atoms with Crippen molar-refractivity contribution >= 4 is 5.91 Å². The van der Waals surface area contributed by atoms with E-state index >= 15 is 0 Å². The molecule has 0 radical (unpaired) electrons. The second-order valence-corrected chi connectivity index (χ2v) is 5.06. The highest BCUT2D eigenvalue weighted by molar-refractivity contribution is 5.81. The number of nitrogens with zero attached hydrogens (tertiary/aromatic N) is 3. The van der Waals surface area contributed by atoms with Crippen molar-refractivity contribution in [3.05, 3.63) is 0 Å². The van der Waals surface area contributed by atoms with Crippen LogP contribution in [0.3, 0.4) is 0 Å². The molecule has 2 unspecified atom stereocenters. The van der Waals surface area contributed by atoms with Crippen LogP contribution < -0.4 is 0 Å². The summed E-state index contributed by atoms with van der Waals surface area (Å²) in [6.45, 7) is 5.93. The molecule has 0 aromatic carbocycles. The predicted molar refractivity (Wildman–Crippen MR) is 65.2 cm³/mol. The molecule has 0 aromatic heterocycles. The van der Waals surface area contributed by atoms with Gasteiger partial charge in [0, 0.05) is 19.1 Å². The van der Waals surface area contributed by atoms with Crippen molar-refractivity contribution in [3.63, 3.8) is 0 Å². The highest BCUT2D eigenvalue weighted by Gasteiger charge is 2.33. The van der Waals surface area contributed by atoms with Gasteiger partial charge in [0.25, 0.3) is 0 Å². The number of hydrogen-bond acceptors (Lipinski definition) is 3. The molecular formula is C13H21N3O. The van der Waals surface area contributed by atoms with Crippen LogP contribution in [0.15, 0.2) is 0 Å². The minimum Gasteiger partial charge on any atom is -0.340 e. The monoisotopic (exact) mass is 235 g/mol. The Bertz CT molecular complexity index is 317. The maximum absolute atomic E-state index is 12.1. The topological polar surface area (TPSA) is 47.3 Å². The minimum atomic E-state index is -0.438. The molecule has 0 aliphatic carbocycles. The van der Waals surface area contributed by atoms with E-state index in [9.17, 15) is 4.79 Å². The molecule has 17 heavy (non-hydrogen) atoms. The maximum atomic E-state index is 12.1. The molecule has 2 heterocycles. The van der Waals surface area contributed by atoms with Crippen LogP contribution >= 0.6 is 0 Å². The molecule has 2 fully saturated rings. The number of amides is 1. The van der Waals surface area contributed by atoms with Crippen molar-refractivity contribution in [2.24, 2.45) is 5.92 Å². The van der Waals surface area contributed by atoms with Crippen LogP contribution in [0.4, 0.5) is 0 Å². The highest BCUT2D eigenvalue weighted by atomic mass is 16.2. The lowest BCUT2D eigenvalue weighted by Crippen LogP contribution is -2.39. The standard InChI is InChI=1S/C13H21N3O/c1-2-11(9-14)13(17)16-8-5-12(10-16)15-6-3-4-7-15/h11-12H,2-8,10H2,1H3. The summed E-state index contributed by atoms with van der Waals surface area (Å²) in [5, 5.41) is 8.93. The molecule has 2 atom stereocenters. The summed E-state index contributed by atoms with van der Waals surface area (Å²) < 4.78 is 0. The van der Waals surface area contributed by atoms with E-state index in [4.69, 9.17) is 5.26 Å². The number of carbonyl (C=O) groups is 1. The zero-order chi connectivity index (χ0) is 12.3. The SMILES string of the molecule is CCC(C#N)C(=O)N1CCC(N2CCCC2)C1. The Hall–Kier alpha value is -1.08. The van der Waals surface area contributed by atoms with Crippen LogP contribution in [0, 0.1) is 17.2 Å². The number of carbonyl (C=O) groups excluding carboxylic acids is 1. The Kier molecular flexibility index (Phi) is 4.01. The third kappa shape index (κ3) is 2.61. The quantitative estimate of drug-likeness (QED) is 0.739. The lowest BCUT2D eigenvalue weighted by molar-refractivity contribution is -0.132. The molecule has 2 aliphatic heterocycles. The lowest BCUT2D eigenvalue weighted by Gasteiger charge is -2.24. The molecule has 0 spiro atoms. The van der Waals surface area contributed by atoms with E-state index in [1.165, 1.54) is 25.9 Å². The molecule has 4 nitrogen and oxygen atoms in total. The fourth-order valence-corrected chi connectivity index (χ4v) is 2.89.